The van der Waals surface area contributed by atoms with Crippen LogP contribution >= 0.6 is 0 Å². The van der Waals surface area contributed by atoms with Crippen molar-refractivity contribution in [2.24, 2.45) is 5.41 Å². The fourth-order valence-electron chi connectivity index (χ4n) is 2.00. The number of carboxylic acids is 2. The Hall–Kier alpha value is -1.66. The van der Waals surface area contributed by atoms with Gasteiger partial charge in [0.05, 0.1) is 64.5 Å². The molecule has 0 aliphatic rings. The summed E-state index contributed by atoms with van der Waals surface area (Å²) in [4.78, 5) is 21.2. The van der Waals surface area contributed by atoms with Gasteiger partial charge in [0.1, 0.15) is 0 Å². The number of hydrogen-bond donors (Lipinski definition) is 2. The predicted molar refractivity (Wildman–Crippen MR) is 94.0 cm³/mol. The second-order valence-corrected chi connectivity index (χ2v) is 5.95. The summed E-state index contributed by atoms with van der Waals surface area (Å²) < 4.78 is 22.3. The molecule has 0 saturated carbocycles. The molecule has 0 amide bonds. The van der Waals surface area contributed by atoms with E-state index in [4.69, 9.17) is 35.6 Å². The van der Waals surface area contributed by atoms with Crippen molar-refractivity contribution >= 4 is 11.9 Å². The summed E-state index contributed by atoms with van der Waals surface area (Å²) in [5.74, 6) is 0.599. The SMILES string of the molecule is C#CCCOCC(COCCC)(COCCC(=O)O)COCCC(=O)O. The highest BCUT2D eigenvalue weighted by atomic mass is 16.5. The van der Waals surface area contributed by atoms with Crippen LogP contribution in [0.1, 0.15) is 32.6 Å². The Kier molecular flexibility index (Phi) is 14.6. The number of carbonyl (C=O) groups is 2. The molecule has 8 nitrogen and oxygen atoms in total. The summed E-state index contributed by atoms with van der Waals surface area (Å²) in [6, 6.07) is 0. The smallest absolute Gasteiger partial charge is 0.305 e. The highest BCUT2D eigenvalue weighted by molar-refractivity contribution is 5.67. The van der Waals surface area contributed by atoms with Crippen molar-refractivity contribution in [3.63, 3.8) is 0 Å². The van der Waals surface area contributed by atoms with Crippen molar-refractivity contribution in [2.75, 3.05) is 52.9 Å². The van der Waals surface area contributed by atoms with Gasteiger partial charge in [-0.3, -0.25) is 9.59 Å². The quantitative estimate of drug-likeness (QED) is 0.274. The van der Waals surface area contributed by atoms with Crippen molar-refractivity contribution in [1.29, 1.82) is 0 Å². The summed E-state index contributed by atoms with van der Waals surface area (Å²) in [6.45, 7) is 3.91. The lowest BCUT2D eigenvalue weighted by Gasteiger charge is -2.33. The second-order valence-electron chi connectivity index (χ2n) is 5.95. The monoisotopic (exact) mass is 374 g/mol. The van der Waals surface area contributed by atoms with E-state index < -0.39 is 17.4 Å². The first-order valence-corrected chi connectivity index (χ1v) is 8.64. The standard InChI is InChI=1S/C18H30O8/c1-3-5-9-24-13-18(12-23-8-4-2,14-25-10-6-16(19)20)15-26-11-7-17(21)22/h1H,4-15H2,2H3,(H,19,20)(H,21,22). The maximum Gasteiger partial charge on any atom is 0.305 e. The molecule has 0 aromatic rings. The number of carboxylic acid groups (broad SMARTS) is 2. The number of aliphatic carboxylic acids is 2. The Labute approximate surface area is 154 Å². The molecule has 0 aliphatic carbocycles. The molecule has 0 rings (SSSR count). The molecule has 0 saturated heterocycles. The third-order valence-corrected chi connectivity index (χ3v) is 3.29. The van der Waals surface area contributed by atoms with Crippen LogP contribution in [-0.4, -0.2) is 75.0 Å². The van der Waals surface area contributed by atoms with E-state index in [2.05, 4.69) is 5.92 Å². The molecule has 0 bridgehead atoms. The average Bonchev–Trinajstić information content (AvgIpc) is 2.59. The maximum absolute atomic E-state index is 10.6. The van der Waals surface area contributed by atoms with Gasteiger partial charge in [0, 0.05) is 13.0 Å². The average molecular weight is 374 g/mol. The zero-order valence-corrected chi connectivity index (χ0v) is 15.4. The normalized spacial score (nSPS) is 11.2. The van der Waals surface area contributed by atoms with Crippen LogP contribution in [0.15, 0.2) is 0 Å². The third kappa shape index (κ3) is 13.6. The van der Waals surface area contributed by atoms with Gasteiger partial charge in [-0.25, -0.2) is 0 Å². The summed E-state index contributed by atoms with van der Waals surface area (Å²) in [7, 11) is 0. The highest BCUT2D eigenvalue weighted by Crippen LogP contribution is 2.21. The number of hydrogen-bond acceptors (Lipinski definition) is 6. The molecule has 8 heteroatoms. The van der Waals surface area contributed by atoms with Gasteiger partial charge in [0.2, 0.25) is 0 Å². The number of rotatable bonds is 18. The lowest BCUT2D eigenvalue weighted by molar-refractivity contribution is -0.140. The van der Waals surface area contributed by atoms with Crippen LogP contribution < -0.4 is 0 Å². The molecule has 26 heavy (non-hydrogen) atoms. The minimum atomic E-state index is -0.944. The zero-order valence-electron chi connectivity index (χ0n) is 15.4. The van der Waals surface area contributed by atoms with Crippen LogP contribution in [0, 0.1) is 17.8 Å². The molecule has 0 aromatic carbocycles. The van der Waals surface area contributed by atoms with Gasteiger partial charge in [-0.1, -0.05) is 6.92 Å². The molecular weight excluding hydrogens is 344 g/mol. The fourth-order valence-corrected chi connectivity index (χ4v) is 2.00. The van der Waals surface area contributed by atoms with E-state index in [1.807, 2.05) is 6.92 Å². The Morgan fingerprint density at radius 2 is 1.27 bits per heavy atom. The van der Waals surface area contributed by atoms with E-state index in [1.54, 1.807) is 0 Å². The van der Waals surface area contributed by atoms with Crippen LogP contribution in [0.25, 0.3) is 0 Å². The van der Waals surface area contributed by atoms with Crippen molar-refractivity contribution in [2.45, 2.75) is 32.6 Å². The Balaban J connectivity index is 4.77. The first-order chi connectivity index (χ1) is 12.5. The predicted octanol–water partition coefficient (Wildman–Crippen LogP) is 1.42. The van der Waals surface area contributed by atoms with Gasteiger partial charge in [-0.2, -0.15) is 0 Å². The van der Waals surface area contributed by atoms with E-state index in [0.717, 1.165) is 6.42 Å². The summed E-state index contributed by atoms with van der Waals surface area (Å²) >= 11 is 0. The van der Waals surface area contributed by atoms with Crippen LogP contribution in [-0.2, 0) is 28.5 Å². The molecule has 0 spiro atoms. The summed E-state index contributed by atoms with van der Waals surface area (Å²) in [5, 5.41) is 17.4. The van der Waals surface area contributed by atoms with E-state index in [9.17, 15) is 9.59 Å². The van der Waals surface area contributed by atoms with E-state index >= 15 is 0 Å². The van der Waals surface area contributed by atoms with E-state index in [0.29, 0.717) is 19.6 Å². The Morgan fingerprint density at radius 1 is 0.846 bits per heavy atom. The summed E-state index contributed by atoms with van der Waals surface area (Å²) in [6.07, 6.45) is 6.30. The number of terminal acetylenes is 1. The van der Waals surface area contributed by atoms with Gasteiger partial charge in [0.25, 0.3) is 0 Å². The fraction of sp³-hybridized carbons (Fsp3) is 0.778. The van der Waals surface area contributed by atoms with Gasteiger partial charge >= 0.3 is 11.9 Å². The van der Waals surface area contributed by atoms with E-state index in [-0.39, 0.29) is 52.5 Å². The molecule has 0 unspecified atom stereocenters. The van der Waals surface area contributed by atoms with Gasteiger partial charge in [-0.05, 0) is 6.42 Å². The topological polar surface area (TPSA) is 112 Å². The van der Waals surface area contributed by atoms with Crippen LogP contribution in [0.2, 0.25) is 0 Å². The maximum atomic E-state index is 10.6. The Bertz CT molecular complexity index is 407. The Morgan fingerprint density at radius 3 is 1.65 bits per heavy atom. The highest BCUT2D eigenvalue weighted by Gasteiger charge is 2.32. The lowest BCUT2D eigenvalue weighted by Crippen LogP contribution is -2.42. The molecule has 0 radical (unpaired) electrons. The molecule has 0 heterocycles. The van der Waals surface area contributed by atoms with Crippen molar-refractivity contribution in [1.82, 2.24) is 0 Å². The van der Waals surface area contributed by atoms with Crippen LogP contribution in [0.4, 0.5) is 0 Å². The van der Waals surface area contributed by atoms with Gasteiger partial charge in [-0.15, -0.1) is 12.3 Å². The minimum absolute atomic E-state index is 0.0599. The second kappa shape index (κ2) is 15.6. The summed E-state index contributed by atoms with van der Waals surface area (Å²) in [5.41, 5.74) is -0.666. The first kappa shape index (κ1) is 24.3. The zero-order chi connectivity index (χ0) is 19.7. The van der Waals surface area contributed by atoms with Crippen molar-refractivity contribution < 1.29 is 38.7 Å². The van der Waals surface area contributed by atoms with Crippen molar-refractivity contribution in [3.8, 4) is 12.3 Å². The molecule has 150 valence electrons. The number of ether oxygens (including phenoxy) is 4. The third-order valence-electron chi connectivity index (χ3n) is 3.29. The molecule has 2 N–H and O–H groups in total. The molecule has 0 aliphatic heterocycles. The van der Waals surface area contributed by atoms with Crippen LogP contribution in [0.3, 0.4) is 0 Å². The van der Waals surface area contributed by atoms with Crippen molar-refractivity contribution in [3.05, 3.63) is 0 Å². The minimum Gasteiger partial charge on any atom is -0.481 e. The lowest BCUT2D eigenvalue weighted by atomic mass is 9.92. The molecular formula is C18H30O8. The molecule has 0 aromatic heterocycles. The molecule has 0 atom stereocenters. The largest absolute Gasteiger partial charge is 0.481 e. The van der Waals surface area contributed by atoms with E-state index in [1.165, 1.54) is 0 Å². The van der Waals surface area contributed by atoms with Crippen LogP contribution in [0.5, 0.6) is 0 Å². The van der Waals surface area contributed by atoms with Gasteiger partial charge < -0.3 is 29.2 Å². The molecule has 0 fully saturated rings. The van der Waals surface area contributed by atoms with Gasteiger partial charge in [0.15, 0.2) is 0 Å². The first-order valence-electron chi connectivity index (χ1n) is 8.64.